The minimum absolute atomic E-state index is 0.266. The first-order valence-electron chi connectivity index (χ1n) is 7.39. The van der Waals surface area contributed by atoms with Crippen LogP contribution in [0.1, 0.15) is 6.42 Å². The number of rotatable bonds is 4. The predicted molar refractivity (Wildman–Crippen MR) is 86.8 cm³/mol. The molecule has 0 aliphatic carbocycles. The van der Waals surface area contributed by atoms with E-state index >= 15 is 0 Å². The molecule has 0 unspecified atom stereocenters. The summed E-state index contributed by atoms with van der Waals surface area (Å²) in [5.74, 6) is 0.668. The quantitative estimate of drug-likeness (QED) is 0.605. The van der Waals surface area contributed by atoms with E-state index in [0.29, 0.717) is 17.2 Å². The van der Waals surface area contributed by atoms with Gasteiger partial charge in [-0.15, -0.1) is 4.68 Å². The van der Waals surface area contributed by atoms with Crippen LogP contribution in [0.5, 0.6) is 0 Å². The average Bonchev–Trinajstić information content (AvgIpc) is 3.32. The van der Waals surface area contributed by atoms with Crippen molar-refractivity contribution in [2.45, 2.75) is 12.5 Å². The van der Waals surface area contributed by atoms with Gasteiger partial charge in [-0.05, 0) is 11.1 Å². The standard InChI is InChI=1S/C15H16N6O3/c22-9-12(10-23)18-15(24)11-7-13(20-5-1-3-16-20)19-14(8-11)21-6-2-4-17-21/h1-7,12,22-23H,8-10H2/p+1. The summed E-state index contributed by atoms with van der Waals surface area (Å²) in [5, 5.41) is 29.1. The van der Waals surface area contributed by atoms with Crippen LogP contribution in [0.3, 0.4) is 0 Å². The van der Waals surface area contributed by atoms with Gasteiger partial charge < -0.3 is 15.5 Å². The van der Waals surface area contributed by atoms with Gasteiger partial charge in [0.05, 0.1) is 31.9 Å². The molecule has 0 aromatic carbocycles. The lowest BCUT2D eigenvalue weighted by molar-refractivity contribution is -0.457. The number of nitrogens with zero attached hydrogens (tertiary/aromatic N) is 5. The normalized spacial score (nSPS) is 19.6. The Kier molecular flexibility index (Phi) is 4.73. The minimum atomic E-state index is -0.710. The number of amidine groups is 1. The third kappa shape index (κ3) is 3.36. The van der Waals surface area contributed by atoms with Crippen molar-refractivity contribution in [3.05, 3.63) is 42.4 Å². The van der Waals surface area contributed by atoms with E-state index in [0.717, 1.165) is 0 Å². The Labute approximate surface area is 137 Å². The number of nitrogens with one attached hydrogen (secondary N) is 1. The van der Waals surface area contributed by atoms with Crippen LogP contribution in [0.4, 0.5) is 0 Å². The molecule has 2 aliphatic heterocycles. The highest BCUT2D eigenvalue weighted by Crippen LogP contribution is 2.13. The number of aliphatic hydroxyl groups is 2. The monoisotopic (exact) mass is 329 g/mol. The second-order valence-corrected chi connectivity index (χ2v) is 5.17. The number of hydrazone groups is 1. The molecule has 0 atom stereocenters. The fourth-order valence-corrected chi connectivity index (χ4v) is 2.23. The lowest BCUT2D eigenvalue weighted by atomic mass is 10.1. The Morgan fingerprint density at radius 1 is 1.42 bits per heavy atom. The van der Waals surface area contributed by atoms with E-state index in [4.69, 9.17) is 10.2 Å². The molecule has 9 nitrogen and oxygen atoms in total. The number of aliphatic hydroxyl groups excluding tert-OH is 2. The first-order valence-corrected chi connectivity index (χ1v) is 7.39. The summed E-state index contributed by atoms with van der Waals surface area (Å²) in [5.41, 5.74) is 0.438. The van der Waals surface area contributed by atoms with Gasteiger partial charge in [-0.1, -0.05) is 5.10 Å². The molecule has 3 N–H and O–H groups in total. The van der Waals surface area contributed by atoms with Crippen molar-refractivity contribution in [2.24, 2.45) is 10.1 Å². The number of amides is 1. The Morgan fingerprint density at radius 3 is 2.88 bits per heavy atom. The minimum Gasteiger partial charge on any atom is -0.394 e. The Morgan fingerprint density at radius 2 is 2.25 bits per heavy atom. The number of carbonyl (C=O) groups excluding carboxylic acids is 1. The van der Waals surface area contributed by atoms with Crippen LogP contribution >= 0.6 is 0 Å². The number of aromatic nitrogens is 2. The highest BCUT2D eigenvalue weighted by atomic mass is 16.3. The summed E-state index contributed by atoms with van der Waals surface area (Å²) in [6, 6.07) is 1.06. The van der Waals surface area contributed by atoms with Crippen molar-refractivity contribution in [1.29, 1.82) is 0 Å². The van der Waals surface area contributed by atoms with Crippen molar-refractivity contribution >= 4 is 23.8 Å². The lowest BCUT2D eigenvalue weighted by Gasteiger charge is -2.16. The van der Waals surface area contributed by atoms with Gasteiger partial charge in [0.2, 0.25) is 11.7 Å². The maximum absolute atomic E-state index is 12.4. The maximum Gasteiger partial charge on any atom is 0.350 e. The van der Waals surface area contributed by atoms with E-state index in [9.17, 15) is 4.79 Å². The van der Waals surface area contributed by atoms with Gasteiger partial charge in [0, 0.05) is 30.1 Å². The van der Waals surface area contributed by atoms with Crippen molar-refractivity contribution in [2.75, 3.05) is 13.2 Å². The Hall–Kier alpha value is -2.91. The second-order valence-electron chi connectivity index (χ2n) is 5.17. The average molecular weight is 329 g/mol. The van der Waals surface area contributed by atoms with Gasteiger partial charge in [-0.2, -0.15) is 5.10 Å². The largest absolute Gasteiger partial charge is 0.394 e. The third-order valence-corrected chi connectivity index (χ3v) is 3.47. The van der Waals surface area contributed by atoms with Crippen molar-refractivity contribution in [3.63, 3.8) is 0 Å². The highest BCUT2D eigenvalue weighted by Gasteiger charge is 2.28. The molecular weight excluding hydrogens is 312 g/mol. The topological polar surface area (TPSA) is 115 Å². The van der Waals surface area contributed by atoms with Crippen molar-refractivity contribution < 1.29 is 19.7 Å². The van der Waals surface area contributed by atoms with E-state index < -0.39 is 6.04 Å². The fourth-order valence-electron chi connectivity index (χ4n) is 2.23. The number of aliphatic imine (C=N–C) groups is 1. The molecule has 1 aromatic rings. The zero-order valence-electron chi connectivity index (χ0n) is 12.8. The molecule has 124 valence electrons. The van der Waals surface area contributed by atoms with Crippen LogP contribution in [0, 0.1) is 0 Å². The van der Waals surface area contributed by atoms with E-state index in [1.165, 1.54) is 0 Å². The molecule has 1 aromatic heterocycles. The zero-order chi connectivity index (χ0) is 16.9. The van der Waals surface area contributed by atoms with Gasteiger partial charge in [-0.3, -0.25) is 4.79 Å². The molecule has 0 saturated carbocycles. The first-order chi connectivity index (χ1) is 11.7. The maximum atomic E-state index is 12.4. The number of hydrogen-bond acceptors (Lipinski definition) is 5. The lowest BCUT2D eigenvalue weighted by Crippen LogP contribution is -2.42. The van der Waals surface area contributed by atoms with Crippen LogP contribution in [0.2, 0.25) is 0 Å². The number of dihydropyridines is 1. The molecule has 3 heterocycles. The molecule has 3 rings (SSSR count). The van der Waals surface area contributed by atoms with E-state index in [2.05, 4.69) is 20.5 Å². The molecule has 2 aliphatic rings. The molecule has 1 amide bonds. The predicted octanol–water partition coefficient (Wildman–Crippen LogP) is -1.15. The summed E-state index contributed by atoms with van der Waals surface area (Å²) in [7, 11) is 0. The van der Waals surface area contributed by atoms with Gasteiger partial charge in [0.15, 0.2) is 0 Å². The van der Waals surface area contributed by atoms with Gasteiger partial charge in [-0.25, -0.2) is 4.68 Å². The van der Waals surface area contributed by atoms with Crippen LogP contribution in [-0.2, 0) is 4.79 Å². The molecular formula is C15H17N6O3+. The molecule has 0 saturated heterocycles. The van der Waals surface area contributed by atoms with Crippen LogP contribution in [-0.4, -0.2) is 67.7 Å². The van der Waals surface area contributed by atoms with Crippen molar-refractivity contribution in [1.82, 2.24) is 15.1 Å². The molecule has 9 heteroatoms. The van der Waals surface area contributed by atoms with Crippen molar-refractivity contribution in [3.8, 4) is 0 Å². The fraction of sp³-hybridized carbons (Fsp3) is 0.267. The highest BCUT2D eigenvalue weighted by molar-refractivity contribution is 6.12. The number of allylic oxidation sites excluding steroid dienone is 1. The summed E-state index contributed by atoms with van der Waals surface area (Å²) in [4.78, 5) is 16.9. The van der Waals surface area contributed by atoms with E-state index in [1.807, 2.05) is 0 Å². The van der Waals surface area contributed by atoms with Crippen LogP contribution < -0.4 is 5.32 Å². The molecule has 0 spiro atoms. The molecule has 0 bridgehead atoms. The van der Waals surface area contributed by atoms with Crippen LogP contribution in [0.15, 0.2) is 52.5 Å². The third-order valence-electron chi connectivity index (χ3n) is 3.47. The van der Waals surface area contributed by atoms with Crippen LogP contribution in [0.25, 0.3) is 0 Å². The smallest absolute Gasteiger partial charge is 0.350 e. The Balaban J connectivity index is 1.92. The van der Waals surface area contributed by atoms with Gasteiger partial charge in [0.1, 0.15) is 6.20 Å². The zero-order valence-corrected chi connectivity index (χ0v) is 12.8. The number of carbonyl (C=O) groups is 1. The van der Waals surface area contributed by atoms with E-state index in [1.54, 1.807) is 52.4 Å². The number of hydrogen-bond donors (Lipinski definition) is 3. The summed E-state index contributed by atoms with van der Waals surface area (Å²) in [6.45, 7) is -0.684. The molecule has 24 heavy (non-hydrogen) atoms. The van der Waals surface area contributed by atoms with Gasteiger partial charge in [0.25, 0.3) is 0 Å². The summed E-state index contributed by atoms with van der Waals surface area (Å²) >= 11 is 0. The molecule has 0 fully saturated rings. The molecule has 0 radical (unpaired) electrons. The summed E-state index contributed by atoms with van der Waals surface area (Å²) < 4.78 is 3.13. The summed E-state index contributed by atoms with van der Waals surface area (Å²) in [6.07, 6.45) is 10.4. The first kappa shape index (κ1) is 16.0. The van der Waals surface area contributed by atoms with E-state index in [-0.39, 0.29) is 25.5 Å². The second kappa shape index (κ2) is 7.11. The van der Waals surface area contributed by atoms with Gasteiger partial charge >= 0.3 is 5.84 Å². The Bertz CT molecular complexity index is 755. The SMILES string of the molecule is O=C(NC(CO)CO)C1=C/C(=[N+]2\C=CC=N2)N=C(n2cccn2)C1.